The Bertz CT molecular complexity index is 923. The van der Waals surface area contributed by atoms with E-state index in [-0.39, 0.29) is 11.9 Å². The summed E-state index contributed by atoms with van der Waals surface area (Å²) in [6.45, 7) is 6.83. The molecule has 2 heterocycles. The number of aryl methyl sites for hydroxylation is 1. The van der Waals surface area contributed by atoms with E-state index in [2.05, 4.69) is 22.0 Å². The summed E-state index contributed by atoms with van der Waals surface area (Å²) in [5.74, 6) is 1.32. The second-order valence-electron chi connectivity index (χ2n) is 6.69. The van der Waals surface area contributed by atoms with Gasteiger partial charge in [0.15, 0.2) is 0 Å². The largest absolute Gasteiger partial charge is 0.424 e. The number of carbonyl (C=O) groups is 1. The first-order chi connectivity index (χ1) is 12.6. The highest BCUT2D eigenvalue weighted by Gasteiger charge is 2.28. The Morgan fingerprint density at radius 1 is 1.04 bits per heavy atom. The molecule has 6 heteroatoms. The van der Waals surface area contributed by atoms with Crippen molar-refractivity contribution >= 4 is 16.7 Å². The lowest BCUT2D eigenvalue weighted by Crippen LogP contribution is -2.49. The molecule has 1 fully saturated rings. The van der Waals surface area contributed by atoms with Gasteiger partial charge in [0, 0.05) is 38.7 Å². The maximum absolute atomic E-state index is 13.0. The molecule has 0 radical (unpaired) electrons. The molecule has 1 aliphatic heterocycles. The first-order valence-electron chi connectivity index (χ1n) is 8.94. The smallest absolute Gasteiger partial charge is 0.254 e. The number of carbonyl (C=O) groups excluding carboxylic acids is 1. The fraction of sp³-hybridized carbons (Fsp3) is 0.350. The molecule has 26 heavy (non-hydrogen) atoms. The standard InChI is InChI=1S/C20H22N4O2/c1-14(19-22-21-15(2)26-19)23-10-12-24(13-11-23)20(25)18-9-5-7-16-6-3-4-8-17(16)18/h3-9,14H,10-13H2,1-2H3. The summed E-state index contributed by atoms with van der Waals surface area (Å²) in [7, 11) is 0. The highest BCUT2D eigenvalue weighted by Crippen LogP contribution is 2.23. The van der Waals surface area contributed by atoms with E-state index in [1.807, 2.05) is 47.4 Å². The van der Waals surface area contributed by atoms with Crippen molar-refractivity contribution < 1.29 is 9.21 Å². The molecule has 6 nitrogen and oxygen atoms in total. The summed E-state index contributed by atoms with van der Waals surface area (Å²) in [4.78, 5) is 17.2. The van der Waals surface area contributed by atoms with E-state index in [1.165, 1.54) is 0 Å². The summed E-state index contributed by atoms with van der Waals surface area (Å²) >= 11 is 0. The van der Waals surface area contributed by atoms with Gasteiger partial charge >= 0.3 is 0 Å². The zero-order valence-corrected chi connectivity index (χ0v) is 15.1. The minimum atomic E-state index is 0.0611. The first kappa shape index (κ1) is 16.7. The third-order valence-electron chi connectivity index (χ3n) is 5.07. The molecule has 1 aliphatic rings. The molecule has 134 valence electrons. The lowest BCUT2D eigenvalue weighted by molar-refractivity contribution is 0.0559. The zero-order valence-electron chi connectivity index (χ0n) is 15.1. The summed E-state index contributed by atoms with van der Waals surface area (Å²) < 4.78 is 5.55. The van der Waals surface area contributed by atoms with Crippen molar-refractivity contribution in [1.29, 1.82) is 0 Å². The summed E-state index contributed by atoms with van der Waals surface area (Å²) in [6, 6.07) is 14.0. The van der Waals surface area contributed by atoms with Gasteiger partial charge in [-0.15, -0.1) is 10.2 Å². The number of aromatic nitrogens is 2. The quantitative estimate of drug-likeness (QED) is 0.726. The van der Waals surface area contributed by atoms with E-state index >= 15 is 0 Å². The third kappa shape index (κ3) is 3.08. The fourth-order valence-electron chi connectivity index (χ4n) is 3.53. The van der Waals surface area contributed by atoms with Crippen LogP contribution in [0.15, 0.2) is 46.9 Å². The summed E-state index contributed by atoms with van der Waals surface area (Å²) in [6.07, 6.45) is 0. The minimum Gasteiger partial charge on any atom is -0.424 e. The van der Waals surface area contributed by atoms with Gasteiger partial charge in [0.1, 0.15) is 0 Å². The number of nitrogens with zero attached hydrogens (tertiary/aromatic N) is 4. The van der Waals surface area contributed by atoms with Gasteiger partial charge in [-0.2, -0.15) is 0 Å². The molecule has 0 aliphatic carbocycles. The Labute approximate surface area is 152 Å². The van der Waals surface area contributed by atoms with E-state index in [9.17, 15) is 4.79 Å². The fourth-order valence-corrected chi connectivity index (χ4v) is 3.53. The number of fused-ring (bicyclic) bond motifs is 1. The Balaban J connectivity index is 1.46. The van der Waals surface area contributed by atoms with Crippen molar-refractivity contribution in [3.8, 4) is 0 Å². The predicted molar refractivity (Wildman–Crippen MR) is 98.9 cm³/mol. The molecule has 0 saturated carbocycles. The lowest BCUT2D eigenvalue weighted by atomic mass is 10.0. The molecule has 1 aromatic heterocycles. The molecule has 2 aromatic carbocycles. The van der Waals surface area contributed by atoms with Crippen LogP contribution in [0.4, 0.5) is 0 Å². The van der Waals surface area contributed by atoms with Crippen LogP contribution in [0.1, 0.15) is 35.1 Å². The Kier molecular flexibility index (Phi) is 4.42. The van der Waals surface area contributed by atoms with E-state index in [4.69, 9.17) is 4.42 Å². The van der Waals surface area contributed by atoms with Crippen molar-refractivity contribution in [1.82, 2.24) is 20.0 Å². The maximum Gasteiger partial charge on any atom is 0.254 e. The Hall–Kier alpha value is -2.73. The molecule has 0 bridgehead atoms. The number of benzene rings is 2. The summed E-state index contributed by atoms with van der Waals surface area (Å²) in [5, 5.41) is 10.1. The van der Waals surface area contributed by atoms with E-state index in [1.54, 1.807) is 6.92 Å². The van der Waals surface area contributed by atoms with Gasteiger partial charge in [0.05, 0.1) is 6.04 Å². The number of hydrogen-bond acceptors (Lipinski definition) is 5. The first-order valence-corrected chi connectivity index (χ1v) is 8.94. The van der Waals surface area contributed by atoms with Crippen LogP contribution >= 0.6 is 0 Å². The van der Waals surface area contributed by atoms with Gasteiger partial charge < -0.3 is 9.32 Å². The topological polar surface area (TPSA) is 62.5 Å². The van der Waals surface area contributed by atoms with Gasteiger partial charge in [-0.1, -0.05) is 36.4 Å². The van der Waals surface area contributed by atoms with Gasteiger partial charge in [-0.25, -0.2) is 0 Å². The lowest BCUT2D eigenvalue weighted by Gasteiger charge is -2.37. The van der Waals surface area contributed by atoms with Crippen LogP contribution in [0.5, 0.6) is 0 Å². The second kappa shape index (κ2) is 6.88. The SMILES string of the molecule is Cc1nnc(C(C)N2CCN(C(=O)c3cccc4ccccc34)CC2)o1. The highest BCUT2D eigenvalue weighted by atomic mass is 16.4. The van der Waals surface area contributed by atoms with Crippen LogP contribution in [-0.4, -0.2) is 52.1 Å². The van der Waals surface area contributed by atoms with Crippen LogP contribution in [-0.2, 0) is 0 Å². The molecule has 1 saturated heterocycles. The van der Waals surface area contributed by atoms with Gasteiger partial charge in [-0.05, 0) is 23.8 Å². The van der Waals surface area contributed by atoms with Gasteiger partial charge in [0.2, 0.25) is 11.8 Å². The van der Waals surface area contributed by atoms with Crippen LogP contribution in [0, 0.1) is 6.92 Å². The normalized spacial score (nSPS) is 16.8. The summed E-state index contributed by atoms with van der Waals surface area (Å²) in [5.41, 5.74) is 0.775. The van der Waals surface area contributed by atoms with Crippen LogP contribution in [0.3, 0.4) is 0 Å². The predicted octanol–water partition coefficient (Wildman–Crippen LogP) is 3.05. The highest BCUT2D eigenvalue weighted by molar-refractivity contribution is 6.07. The van der Waals surface area contributed by atoms with E-state index in [0.717, 1.165) is 29.4 Å². The van der Waals surface area contributed by atoms with Crippen LogP contribution in [0.25, 0.3) is 10.8 Å². The molecule has 0 N–H and O–H groups in total. The number of hydrogen-bond donors (Lipinski definition) is 0. The second-order valence-corrected chi connectivity index (χ2v) is 6.69. The monoisotopic (exact) mass is 350 g/mol. The van der Waals surface area contributed by atoms with Gasteiger partial charge in [-0.3, -0.25) is 9.69 Å². The number of amides is 1. The number of piperazine rings is 1. The Morgan fingerprint density at radius 2 is 1.77 bits per heavy atom. The van der Waals surface area contributed by atoms with Crippen LogP contribution < -0.4 is 0 Å². The third-order valence-corrected chi connectivity index (χ3v) is 5.07. The van der Waals surface area contributed by atoms with Crippen molar-refractivity contribution in [3.63, 3.8) is 0 Å². The molecular weight excluding hydrogens is 328 g/mol. The molecule has 1 atom stereocenters. The Morgan fingerprint density at radius 3 is 2.50 bits per heavy atom. The zero-order chi connectivity index (χ0) is 18.1. The van der Waals surface area contributed by atoms with Crippen molar-refractivity contribution in [2.24, 2.45) is 0 Å². The molecule has 1 unspecified atom stereocenters. The van der Waals surface area contributed by atoms with E-state index in [0.29, 0.717) is 24.9 Å². The molecule has 4 rings (SSSR count). The van der Waals surface area contributed by atoms with Gasteiger partial charge in [0.25, 0.3) is 5.91 Å². The van der Waals surface area contributed by atoms with Crippen LogP contribution in [0.2, 0.25) is 0 Å². The van der Waals surface area contributed by atoms with Crippen molar-refractivity contribution in [3.05, 3.63) is 59.8 Å². The average molecular weight is 350 g/mol. The molecule has 0 spiro atoms. The van der Waals surface area contributed by atoms with Crippen molar-refractivity contribution in [2.45, 2.75) is 19.9 Å². The minimum absolute atomic E-state index is 0.0611. The number of rotatable bonds is 3. The molecular formula is C20H22N4O2. The molecule has 3 aromatic rings. The average Bonchev–Trinajstić information content (AvgIpc) is 3.13. The maximum atomic E-state index is 13.0. The molecule has 1 amide bonds. The van der Waals surface area contributed by atoms with Crippen molar-refractivity contribution in [2.75, 3.05) is 26.2 Å². The van der Waals surface area contributed by atoms with E-state index < -0.39 is 0 Å².